The number of allylic oxidation sites excluding steroid dienone is 1. The van der Waals surface area contributed by atoms with Gasteiger partial charge in [0.05, 0.1) is 0 Å². The maximum Gasteiger partial charge on any atom is 0.248 e. The van der Waals surface area contributed by atoms with Crippen molar-refractivity contribution < 1.29 is 9.59 Å². The summed E-state index contributed by atoms with van der Waals surface area (Å²) in [5.41, 5.74) is 2.27. The Balaban J connectivity index is 2.73. The number of benzene rings is 1. The van der Waals surface area contributed by atoms with Gasteiger partial charge in [-0.2, -0.15) is 0 Å². The molecule has 0 spiro atoms. The molecule has 4 heteroatoms. The molecule has 1 rings (SSSR count). The minimum absolute atomic E-state index is 0.0530. The van der Waals surface area contributed by atoms with Gasteiger partial charge in [-0.15, -0.1) is 0 Å². The van der Waals surface area contributed by atoms with Crippen LogP contribution in [0, 0.1) is 0 Å². The topological polar surface area (TPSA) is 58.2 Å². The zero-order valence-corrected chi connectivity index (χ0v) is 10.9. The fraction of sp³-hybridized carbons (Fsp3) is 0.286. The van der Waals surface area contributed by atoms with Crippen LogP contribution in [0.5, 0.6) is 0 Å². The van der Waals surface area contributed by atoms with Crippen molar-refractivity contribution in [1.29, 1.82) is 0 Å². The van der Waals surface area contributed by atoms with E-state index in [1.54, 1.807) is 31.2 Å². The van der Waals surface area contributed by atoms with Gasteiger partial charge in [-0.3, -0.25) is 9.59 Å². The van der Waals surface area contributed by atoms with Gasteiger partial charge in [0.1, 0.15) is 0 Å². The summed E-state index contributed by atoms with van der Waals surface area (Å²) in [6.07, 6.45) is 1.95. The van der Waals surface area contributed by atoms with Gasteiger partial charge in [-0.1, -0.05) is 18.6 Å². The molecule has 0 aliphatic carbocycles. The third kappa shape index (κ3) is 4.82. The Bertz CT molecular complexity index is 474. The van der Waals surface area contributed by atoms with Crippen LogP contribution in [-0.4, -0.2) is 11.8 Å². The molecule has 0 heterocycles. The predicted molar refractivity (Wildman–Crippen MR) is 73.4 cm³/mol. The third-order valence-corrected chi connectivity index (χ3v) is 2.15. The van der Waals surface area contributed by atoms with Gasteiger partial charge in [-0.25, -0.2) is 0 Å². The first-order chi connectivity index (χ1) is 8.51. The van der Waals surface area contributed by atoms with Crippen molar-refractivity contribution in [2.75, 3.05) is 10.6 Å². The van der Waals surface area contributed by atoms with Crippen molar-refractivity contribution >= 4 is 23.2 Å². The minimum Gasteiger partial charge on any atom is -0.326 e. The zero-order valence-electron chi connectivity index (χ0n) is 10.9. The Hall–Kier alpha value is -2.10. The van der Waals surface area contributed by atoms with Crippen LogP contribution in [0.2, 0.25) is 0 Å². The van der Waals surface area contributed by atoms with E-state index in [4.69, 9.17) is 0 Å². The second-order valence-corrected chi connectivity index (χ2v) is 4.19. The number of nitrogens with one attached hydrogen (secondary N) is 2. The molecular weight excluding hydrogens is 228 g/mol. The Kier molecular flexibility index (Phi) is 5.11. The largest absolute Gasteiger partial charge is 0.326 e. The summed E-state index contributed by atoms with van der Waals surface area (Å²) in [6.45, 7) is 5.50. The molecule has 0 aliphatic rings. The summed E-state index contributed by atoms with van der Waals surface area (Å²) < 4.78 is 0. The number of rotatable bonds is 4. The molecule has 0 saturated heterocycles. The quantitative estimate of drug-likeness (QED) is 0.802. The Morgan fingerprint density at radius 2 is 1.78 bits per heavy atom. The first-order valence-corrected chi connectivity index (χ1v) is 5.87. The van der Waals surface area contributed by atoms with Crippen LogP contribution in [0.3, 0.4) is 0 Å². The Morgan fingerprint density at radius 3 is 2.33 bits per heavy atom. The standard InChI is InChI=1S/C14H18N2O2/c1-4-13(17)15-11-6-5-7-12(9-11)16-14(18)8-10(2)3/h5-9H,4H2,1-3H3,(H,15,17)(H,16,18). The monoisotopic (exact) mass is 246 g/mol. The van der Waals surface area contributed by atoms with Gasteiger partial charge < -0.3 is 10.6 Å². The third-order valence-electron chi connectivity index (χ3n) is 2.15. The average molecular weight is 246 g/mol. The zero-order chi connectivity index (χ0) is 13.5. The number of carbonyl (C=O) groups is 2. The highest BCUT2D eigenvalue weighted by atomic mass is 16.2. The lowest BCUT2D eigenvalue weighted by atomic mass is 10.2. The first kappa shape index (κ1) is 14.0. The van der Waals surface area contributed by atoms with Crippen molar-refractivity contribution in [3.8, 4) is 0 Å². The highest BCUT2D eigenvalue weighted by Gasteiger charge is 2.02. The summed E-state index contributed by atoms with van der Waals surface area (Å²) in [6, 6.07) is 7.07. The molecule has 0 atom stereocenters. The second-order valence-electron chi connectivity index (χ2n) is 4.19. The fourth-order valence-corrected chi connectivity index (χ4v) is 1.36. The molecule has 1 aromatic rings. The lowest BCUT2D eigenvalue weighted by Gasteiger charge is -2.07. The van der Waals surface area contributed by atoms with Crippen LogP contribution in [0.4, 0.5) is 11.4 Å². The predicted octanol–water partition coefficient (Wildman–Crippen LogP) is 2.94. The van der Waals surface area contributed by atoms with E-state index in [0.717, 1.165) is 5.57 Å². The van der Waals surface area contributed by atoms with E-state index in [1.807, 2.05) is 13.8 Å². The SMILES string of the molecule is CCC(=O)Nc1cccc(NC(=O)C=C(C)C)c1. The van der Waals surface area contributed by atoms with Gasteiger partial charge >= 0.3 is 0 Å². The normalized spacial score (nSPS) is 9.50. The molecule has 0 aliphatic heterocycles. The van der Waals surface area contributed by atoms with E-state index in [2.05, 4.69) is 10.6 Å². The van der Waals surface area contributed by atoms with Crippen LogP contribution in [-0.2, 0) is 9.59 Å². The molecule has 0 saturated carbocycles. The van der Waals surface area contributed by atoms with Gasteiger partial charge in [0, 0.05) is 23.9 Å². The van der Waals surface area contributed by atoms with Crippen molar-refractivity contribution in [3.63, 3.8) is 0 Å². The van der Waals surface area contributed by atoms with Crippen molar-refractivity contribution in [2.45, 2.75) is 27.2 Å². The first-order valence-electron chi connectivity index (χ1n) is 5.87. The molecule has 0 unspecified atom stereocenters. The highest BCUT2D eigenvalue weighted by Crippen LogP contribution is 2.15. The van der Waals surface area contributed by atoms with Crippen LogP contribution in [0.1, 0.15) is 27.2 Å². The minimum atomic E-state index is -0.172. The summed E-state index contributed by atoms with van der Waals surface area (Å²) in [7, 11) is 0. The molecule has 0 bridgehead atoms. The lowest BCUT2D eigenvalue weighted by molar-refractivity contribution is -0.116. The van der Waals surface area contributed by atoms with Crippen molar-refractivity contribution in [1.82, 2.24) is 0 Å². The fourth-order valence-electron chi connectivity index (χ4n) is 1.36. The molecule has 0 radical (unpaired) electrons. The lowest BCUT2D eigenvalue weighted by Crippen LogP contribution is -2.11. The number of amides is 2. The Labute approximate surface area is 107 Å². The number of hydrogen-bond acceptors (Lipinski definition) is 2. The van der Waals surface area contributed by atoms with Gasteiger partial charge in [0.25, 0.3) is 0 Å². The summed E-state index contributed by atoms with van der Waals surface area (Å²) in [4.78, 5) is 22.8. The molecule has 18 heavy (non-hydrogen) atoms. The highest BCUT2D eigenvalue weighted by molar-refractivity contribution is 6.00. The van der Waals surface area contributed by atoms with E-state index in [1.165, 1.54) is 6.08 Å². The molecule has 2 N–H and O–H groups in total. The van der Waals surface area contributed by atoms with Crippen molar-refractivity contribution in [3.05, 3.63) is 35.9 Å². The van der Waals surface area contributed by atoms with Crippen molar-refractivity contribution in [2.24, 2.45) is 0 Å². The van der Waals surface area contributed by atoms with E-state index in [9.17, 15) is 9.59 Å². The molecule has 4 nitrogen and oxygen atoms in total. The number of hydrogen-bond donors (Lipinski definition) is 2. The Morgan fingerprint density at radius 1 is 1.17 bits per heavy atom. The maximum absolute atomic E-state index is 11.5. The van der Waals surface area contributed by atoms with Gasteiger partial charge in [0.2, 0.25) is 11.8 Å². The molecule has 96 valence electrons. The van der Waals surface area contributed by atoms with Crippen LogP contribution in [0.25, 0.3) is 0 Å². The van der Waals surface area contributed by atoms with Gasteiger partial charge in [0.15, 0.2) is 0 Å². The van der Waals surface area contributed by atoms with E-state index >= 15 is 0 Å². The van der Waals surface area contributed by atoms with E-state index < -0.39 is 0 Å². The maximum atomic E-state index is 11.5. The van der Waals surface area contributed by atoms with E-state index in [-0.39, 0.29) is 11.8 Å². The molecule has 2 amide bonds. The summed E-state index contributed by atoms with van der Waals surface area (Å²) >= 11 is 0. The molecule has 0 fully saturated rings. The summed E-state index contributed by atoms with van der Waals surface area (Å²) in [5, 5.41) is 5.48. The molecule has 0 aromatic heterocycles. The van der Waals surface area contributed by atoms with Gasteiger partial charge in [-0.05, 0) is 32.0 Å². The number of carbonyl (C=O) groups excluding carboxylic acids is 2. The van der Waals surface area contributed by atoms with E-state index in [0.29, 0.717) is 17.8 Å². The van der Waals surface area contributed by atoms with Crippen LogP contribution in [0.15, 0.2) is 35.9 Å². The van der Waals surface area contributed by atoms with Crippen LogP contribution >= 0.6 is 0 Å². The van der Waals surface area contributed by atoms with Crippen LogP contribution < -0.4 is 10.6 Å². The molecule has 1 aromatic carbocycles. The summed E-state index contributed by atoms with van der Waals surface area (Å²) in [5.74, 6) is -0.225. The smallest absolute Gasteiger partial charge is 0.248 e. The average Bonchev–Trinajstić information content (AvgIpc) is 2.28. The second kappa shape index (κ2) is 6.59. The molecular formula is C14H18N2O2. The number of anilines is 2.